The van der Waals surface area contributed by atoms with Gasteiger partial charge in [0.15, 0.2) is 0 Å². The van der Waals surface area contributed by atoms with Crippen molar-refractivity contribution in [2.24, 2.45) is 0 Å². The zero-order valence-electron chi connectivity index (χ0n) is 18.8. The smallest absolute Gasteiger partial charge is 0.325 e. The van der Waals surface area contributed by atoms with Crippen molar-refractivity contribution in [1.29, 1.82) is 5.26 Å². The Labute approximate surface area is 191 Å². The maximum Gasteiger partial charge on any atom is 0.325 e. The van der Waals surface area contributed by atoms with Crippen molar-refractivity contribution in [1.82, 2.24) is 9.78 Å². The number of pyridine rings is 1. The molecule has 2 heterocycles. The van der Waals surface area contributed by atoms with Gasteiger partial charge >= 0.3 is 11.6 Å². The van der Waals surface area contributed by atoms with Crippen LogP contribution >= 0.6 is 0 Å². The molecule has 1 aliphatic rings. The van der Waals surface area contributed by atoms with Gasteiger partial charge in [0.2, 0.25) is 5.69 Å². The largest absolute Gasteiger partial charge is 0.492 e. The molecule has 4 rings (SSSR count). The second-order valence-corrected chi connectivity index (χ2v) is 8.56. The Kier molecular flexibility index (Phi) is 6.20. The van der Waals surface area contributed by atoms with Gasteiger partial charge in [-0.2, -0.15) is 10.4 Å². The average molecular weight is 451 g/mol. The highest BCUT2D eigenvalue weighted by molar-refractivity contribution is 6.04. The number of aryl methyl sites for hydroxylation is 1. The summed E-state index contributed by atoms with van der Waals surface area (Å²) in [5, 5.41) is 38.0. The van der Waals surface area contributed by atoms with E-state index in [-0.39, 0.29) is 18.2 Å². The predicted molar refractivity (Wildman–Crippen MR) is 120 cm³/mol. The third-order valence-electron chi connectivity index (χ3n) is 6.23. The van der Waals surface area contributed by atoms with Crippen LogP contribution in [0.25, 0.3) is 10.9 Å². The molecule has 1 saturated carbocycles. The molecule has 3 N–H and O–H groups in total. The minimum Gasteiger partial charge on any atom is -0.492 e. The van der Waals surface area contributed by atoms with Crippen LogP contribution in [0.1, 0.15) is 61.3 Å². The predicted octanol–water partition coefficient (Wildman–Crippen LogP) is 3.28. The quantitative estimate of drug-likeness (QED) is 0.391. The summed E-state index contributed by atoms with van der Waals surface area (Å²) in [4.78, 5) is 12.8. The van der Waals surface area contributed by atoms with Crippen LogP contribution in [0.4, 0.5) is 5.69 Å². The number of nitrogens with zero attached hydrogens (tertiary/aromatic N) is 4. The lowest BCUT2D eigenvalue weighted by Gasteiger charge is -2.34. The number of benzene rings is 1. The summed E-state index contributed by atoms with van der Waals surface area (Å²) in [5.41, 5.74) is 0.972. The number of fused-ring (bicyclic) bond motifs is 1. The molecule has 1 aliphatic carbocycles. The van der Waals surface area contributed by atoms with E-state index in [0.29, 0.717) is 36.6 Å². The molecule has 0 bridgehead atoms. The fourth-order valence-corrected chi connectivity index (χ4v) is 4.33. The molecule has 0 spiro atoms. The number of hydrogen-bond acceptors (Lipinski definition) is 6. The van der Waals surface area contributed by atoms with Crippen molar-refractivity contribution in [2.45, 2.75) is 57.6 Å². The number of rotatable bonds is 6. The van der Waals surface area contributed by atoms with Crippen molar-refractivity contribution >= 4 is 22.5 Å². The van der Waals surface area contributed by atoms with Gasteiger partial charge in [-0.05, 0) is 44.7 Å². The van der Waals surface area contributed by atoms with Crippen LogP contribution in [0.3, 0.4) is 0 Å². The highest BCUT2D eigenvalue weighted by Crippen LogP contribution is 2.38. The van der Waals surface area contributed by atoms with Crippen molar-refractivity contribution in [3.63, 3.8) is 0 Å². The number of aromatic nitrogens is 3. The van der Waals surface area contributed by atoms with E-state index < -0.39 is 11.5 Å². The lowest BCUT2D eigenvalue weighted by atomic mass is 9.80. The van der Waals surface area contributed by atoms with Gasteiger partial charge in [0, 0.05) is 41.4 Å². The molecule has 0 radical (unpaired) electrons. The van der Waals surface area contributed by atoms with E-state index in [9.17, 15) is 15.1 Å². The summed E-state index contributed by atoms with van der Waals surface area (Å²) in [5.74, 6) is 0.0331. The van der Waals surface area contributed by atoms with Gasteiger partial charge in [-0.3, -0.25) is 14.7 Å². The Morgan fingerprint density at radius 1 is 1.39 bits per heavy atom. The molecule has 1 aromatic carbocycles. The number of carbonyl (C=O) groups excluding carboxylic acids is 1. The molecule has 0 atom stereocenters. The summed E-state index contributed by atoms with van der Waals surface area (Å²) in [6.07, 6.45) is 4.67. The molecule has 9 heteroatoms. The zero-order chi connectivity index (χ0) is 23.6. The van der Waals surface area contributed by atoms with Crippen LogP contribution in [-0.2, 0) is 0 Å². The van der Waals surface area contributed by atoms with Gasteiger partial charge < -0.3 is 15.2 Å². The molecule has 33 heavy (non-hydrogen) atoms. The minimum atomic E-state index is -0.906. The van der Waals surface area contributed by atoms with Crippen molar-refractivity contribution in [3.05, 3.63) is 47.9 Å². The van der Waals surface area contributed by atoms with Gasteiger partial charge in [0.1, 0.15) is 5.75 Å². The van der Waals surface area contributed by atoms with Crippen molar-refractivity contribution in [3.8, 4) is 11.8 Å². The van der Waals surface area contributed by atoms with Crippen LogP contribution in [-0.4, -0.2) is 38.2 Å². The Bertz CT molecular complexity index is 1220. The fraction of sp³-hybridized carbons (Fsp3) is 0.417. The first-order chi connectivity index (χ1) is 15.8. The third kappa shape index (κ3) is 4.61. The summed E-state index contributed by atoms with van der Waals surface area (Å²) in [6, 6.07) is 10.8. The molecule has 1 amide bonds. The molecule has 9 nitrogen and oxygen atoms in total. The number of anilines is 1. The third-order valence-corrected chi connectivity index (χ3v) is 6.23. The lowest BCUT2D eigenvalue weighted by Crippen LogP contribution is -2.42. The van der Waals surface area contributed by atoms with Gasteiger partial charge in [0.25, 0.3) is 0 Å². The van der Waals surface area contributed by atoms with E-state index in [1.54, 1.807) is 25.1 Å². The fourth-order valence-electron chi connectivity index (χ4n) is 4.33. The summed E-state index contributed by atoms with van der Waals surface area (Å²) < 4.78 is 8.50. The summed E-state index contributed by atoms with van der Waals surface area (Å²) in [6.45, 7) is 3.98. The number of ether oxygens (including phenoxy) is 1. The first-order valence-corrected chi connectivity index (χ1v) is 11.1. The van der Waals surface area contributed by atoms with Gasteiger partial charge in [0.05, 0.1) is 41.9 Å². The van der Waals surface area contributed by atoms with Crippen molar-refractivity contribution < 1.29 is 24.6 Å². The molecule has 1 fully saturated rings. The van der Waals surface area contributed by atoms with Gasteiger partial charge in [-0.15, -0.1) is 0 Å². The Morgan fingerprint density at radius 2 is 2.15 bits per heavy atom. The molecule has 0 saturated heterocycles. The van der Waals surface area contributed by atoms with Crippen LogP contribution in [0.2, 0.25) is 0 Å². The second-order valence-electron chi connectivity index (χ2n) is 8.56. The molecule has 172 valence electrons. The van der Waals surface area contributed by atoms with Crippen LogP contribution < -0.4 is 14.8 Å². The first kappa shape index (κ1) is 22.6. The van der Waals surface area contributed by atoms with E-state index >= 15 is 0 Å². The van der Waals surface area contributed by atoms with E-state index in [1.807, 2.05) is 23.9 Å². The highest BCUT2D eigenvalue weighted by Gasteiger charge is 2.34. The van der Waals surface area contributed by atoms with Gasteiger partial charge in [-0.1, -0.05) is 0 Å². The Balaban J connectivity index is 1.60. The molecular formula is C24H28N5O4+. The minimum absolute atomic E-state index is 0.111. The molecule has 0 aliphatic heterocycles. The number of nitriles is 1. The maximum atomic E-state index is 12.8. The number of nitrogens with one attached hydrogen (secondary N) is 1. The van der Waals surface area contributed by atoms with E-state index in [1.165, 1.54) is 6.07 Å². The standard InChI is InChI=1S/C24H27N5O4/c1-3-33-22-14-19-17(13-20(22)26-23(30)21-6-4-5-16(2)29(21)32)15-28(27-19)18-7-9-24(31,10-8-18)11-12-25/h4-6,13-15,18,31H,3,7-11H2,1-2H3,(H-,26,30,32)/p+1. The average Bonchev–Trinajstić information content (AvgIpc) is 3.19. The number of amides is 1. The maximum absolute atomic E-state index is 12.8. The summed E-state index contributed by atoms with van der Waals surface area (Å²) in [7, 11) is 0. The molecule has 3 aromatic rings. The lowest BCUT2D eigenvalue weighted by molar-refractivity contribution is -0.909. The Morgan fingerprint density at radius 3 is 2.85 bits per heavy atom. The Hall–Kier alpha value is -3.64. The van der Waals surface area contributed by atoms with E-state index in [2.05, 4.69) is 11.4 Å². The monoisotopic (exact) mass is 450 g/mol. The summed E-state index contributed by atoms with van der Waals surface area (Å²) >= 11 is 0. The zero-order valence-corrected chi connectivity index (χ0v) is 18.8. The SMILES string of the molecule is CCOc1cc2nn(C3CCC(O)(CC#N)CC3)cc2cc1NC(=O)c1cccc(C)[n+]1O. The second kappa shape index (κ2) is 9.08. The molecule has 2 aromatic heterocycles. The van der Waals surface area contributed by atoms with Crippen molar-refractivity contribution in [2.75, 3.05) is 11.9 Å². The first-order valence-electron chi connectivity index (χ1n) is 11.1. The van der Waals surface area contributed by atoms with Crippen LogP contribution in [0, 0.1) is 18.3 Å². The molecular weight excluding hydrogens is 422 g/mol. The van der Waals surface area contributed by atoms with Crippen LogP contribution in [0.5, 0.6) is 5.75 Å². The molecule has 0 unspecified atom stereocenters. The van der Waals surface area contributed by atoms with E-state index in [4.69, 9.17) is 15.1 Å². The topological polar surface area (TPSA) is 124 Å². The van der Waals surface area contributed by atoms with Crippen LogP contribution in [0.15, 0.2) is 36.5 Å². The van der Waals surface area contributed by atoms with E-state index in [0.717, 1.165) is 28.5 Å². The van der Waals surface area contributed by atoms with Gasteiger partial charge in [-0.25, -0.2) is 0 Å². The normalized spacial score (nSPS) is 20.4. The number of aliphatic hydroxyl groups is 1. The number of hydrogen-bond donors (Lipinski definition) is 3. The number of carbonyl (C=O) groups is 1. The highest BCUT2D eigenvalue weighted by atomic mass is 16.5.